The largest absolute Gasteiger partial charge is 0.478 e. The second-order valence-corrected chi connectivity index (χ2v) is 7.02. The Balaban J connectivity index is 1.43. The molecule has 3 atom stereocenters. The Kier molecular flexibility index (Phi) is 3.92. The van der Waals surface area contributed by atoms with Crippen LogP contribution in [0.2, 0.25) is 5.15 Å². The van der Waals surface area contributed by atoms with Gasteiger partial charge in [0.1, 0.15) is 5.15 Å². The molecule has 2 aliphatic carbocycles. The van der Waals surface area contributed by atoms with Crippen LogP contribution >= 0.6 is 11.6 Å². The van der Waals surface area contributed by atoms with Crippen LogP contribution in [-0.4, -0.2) is 32.4 Å². The van der Waals surface area contributed by atoms with Gasteiger partial charge in [-0.3, -0.25) is 0 Å². The molecule has 2 fully saturated rings. The summed E-state index contributed by atoms with van der Waals surface area (Å²) in [5.74, 6) is 2.28. The number of hydrogen-bond acceptors (Lipinski definition) is 4. The van der Waals surface area contributed by atoms with E-state index < -0.39 is 5.97 Å². The number of aromatic carboxylic acids is 1. The lowest BCUT2D eigenvalue weighted by molar-refractivity contribution is 0.0696. The summed E-state index contributed by atoms with van der Waals surface area (Å²) >= 11 is 5.90. The fourth-order valence-corrected chi connectivity index (χ4v) is 4.23. The number of carbonyl (C=O) groups is 1. The SMILES string of the molecule is O=C(O)c1ccc(-n2ccc(OCC3C[C@@H]4CC[C@H]3C4)n2)nc1Cl. The second kappa shape index (κ2) is 6.09. The highest BCUT2D eigenvalue weighted by molar-refractivity contribution is 6.32. The van der Waals surface area contributed by atoms with Gasteiger partial charge in [-0.1, -0.05) is 18.0 Å². The van der Waals surface area contributed by atoms with E-state index in [4.69, 9.17) is 21.4 Å². The number of nitrogens with zero attached hydrogens (tertiary/aromatic N) is 3. The van der Waals surface area contributed by atoms with Crippen LogP contribution in [0.15, 0.2) is 24.4 Å². The molecule has 2 bridgehead atoms. The molecule has 0 aromatic carbocycles. The van der Waals surface area contributed by atoms with Gasteiger partial charge < -0.3 is 9.84 Å². The van der Waals surface area contributed by atoms with E-state index in [9.17, 15) is 4.79 Å². The van der Waals surface area contributed by atoms with Crippen molar-refractivity contribution in [2.45, 2.75) is 25.7 Å². The fraction of sp³-hybridized carbons (Fsp3) is 0.471. The van der Waals surface area contributed by atoms with Crippen LogP contribution in [0.25, 0.3) is 5.82 Å². The van der Waals surface area contributed by atoms with Crippen LogP contribution in [0.1, 0.15) is 36.0 Å². The van der Waals surface area contributed by atoms with Gasteiger partial charge in [0, 0.05) is 12.3 Å². The first-order valence-electron chi connectivity index (χ1n) is 8.19. The molecule has 24 heavy (non-hydrogen) atoms. The Morgan fingerprint density at radius 3 is 2.88 bits per heavy atom. The van der Waals surface area contributed by atoms with E-state index in [0.717, 1.165) is 11.8 Å². The second-order valence-electron chi connectivity index (χ2n) is 6.66. The van der Waals surface area contributed by atoms with Crippen molar-refractivity contribution >= 4 is 17.6 Å². The van der Waals surface area contributed by atoms with Gasteiger partial charge in [0.15, 0.2) is 5.82 Å². The lowest BCUT2D eigenvalue weighted by Gasteiger charge is -2.20. The molecule has 6 nitrogen and oxygen atoms in total. The van der Waals surface area contributed by atoms with Gasteiger partial charge in [-0.15, -0.1) is 5.10 Å². The quantitative estimate of drug-likeness (QED) is 0.838. The fourth-order valence-electron chi connectivity index (χ4n) is 4.00. The summed E-state index contributed by atoms with van der Waals surface area (Å²) in [5.41, 5.74) is -0.0275. The third kappa shape index (κ3) is 2.86. The number of hydrogen-bond donors (Lipinski definition) is 1. The standard InChI is InChI=1S/C17H18ClN3O3/c18-16-13(17(22)23)3-4-14(19-16)21-6-5-15(20-21)24-9-12-8-10-1-2-11(12)7-10/h3-6,10-12H,1-2,7-9H2,(H,22,23)/t10-,11+,12?/m1/s1. The number of aromatic nitrogens is 3. The number of carboxylic acids is 1. The maximum atomic E-state index is 11.0. The van der Waals surface area contributed by atoms with Crippen LogP contribution in [0, 0.1) is 17.8 Å². The van der Waals surface area contributed by atoms with Crippen molar-refractivity contribution in [1.29, 1.82) is 0 Å². The lowest BCUT2D eigenvalue weighted by Crippen LogP contribution is -2.18. The predicted octanol–water partition coefficient (Wildman–Crippen LogP) is 3.43. The molecule has 2 aromatic heterocycles. The molecule has 7 heteroatoms. The zero-order valence-electron chi connectivity index (χ0n) is 13.1. The number of fused-ring (bicyclic) bond motifs is 2. The number of pyridine rings is 1. The number of halogens is 1. The Hall–Kier alpha value is -2.08. The molecule has 2 heterocycles. The van der Waals surface area contributed by atoms with Crippen LogP contribution in [0.3, 0.4) is 0 Å². The maximum absolute atomic E-state index is 11.0. The average Bonchev–Trinajstić information content (AvgIpc) is 3.29. The minimum absolute atomic E-state index is 0.0275. The van der Waals surface area contributed by atoms with E-state index in [2.05, 4.69) is 10.1 Å². The van der Waals surface area contributed by atoms with Crippen molar-refractivity contribution in [1.82, 2.24) is 14.8 Å². The van der Waals surface area contributed by atoms with E-state index in [1.165, 1.54) is 36.4 Å². The van der Waals surface area contributed by atoms with Gasteiger partial charge >= 0.3 is 5.97 Å². The topological polar surface area (TPSA) is 77.2 Å². The zero-order valence-corrected chi connectivity index (χ0v) is 13.8. The summed E-state index contributed by atoms with van der Waals surface area (Å²) in [6, 6.07) is 4.78. The zero-order chi connectivity index (χ0) is 16.7. The molecule has 2 saturated carbocycles. The van der Waals surface area contributed by atoms with Gasteiger partial charge in [0.05, 0.1) is 12.2 Å². The Morgan fingerprint density at radius 1 is 1.33 bits per heavy atom. The Bertz CT molecular complexity index is 776. The average molecular weight is 348 g/mol. The molecule has 2 aromatic rings. The summed E-state index contributed by atoms with van der Waals surface area (Å²) in [6.07, 6.45) is 7.09. The molecular formula is C17H18ClN3O3. The molecule has 1 N–H and O–H groups in total. The third-order valence-corrected chi connectivity index (χ3v) is 5.48. The van der Waals surface area contributed by atoms with Gasteiger partial charge in [-0.05, 0) is 49.1 Å². The molecule has 126 valence electrons. The first-order valence-corrected chi connectivity index (χ1v) is 8.56. The molecule has 0 amide bonds. The number of ether oxygens (including phenoxy) is 1. The highest BCUT2D eigenvalue weighted by Gasteiger charge is 2.39. The monoisotopic (exact) mass is 347 g/mol. The van der Waals surface area contributed by atoms with Gasteiger partial charge in [0.2, 0.25) is 5.88 Å². The Morgan fingerprint density at radius 2 is 2.21 bits per heavy atom. The van der Waals surface area contributed by atoms with Crippen molar-refractivity contribution in [2.24, 2.45) is 17.8 Å². The van der Waals surface area contributed by atoms with Gasteiger partial charge in [0.25, 0.3) is 0 Å². The van der Waals surface area contributed by atoms with Crippen molar-refractivity contribution in [3.8, 4) is 11.7 Å². The number of rotatable bonds is 5. The van der Waals surface area contributed by atoms with Crippen molar-refractivity contribution in [3.05, 3.63) is 35.1 Å². The molecule has 0 aliphatic heterocycles. The van der Waals surface area contributed by atoms with Gasteiger partial charge in [-0.25, -0.2) is 14.5 Å². The smallest absolute Gasteiger partial charge is 0.338 e. The molecule has 1 unspecified atom stereocenters. The minimum Gasteiger partial charge on any atom is -0.478 e. The molecule has 4 rings (SSSR count). The van der Waals surface area contributed by atoms with Crippen LogP contribution in [0.4, 0.5) is 0 Å². The predicted molar refractivity (Wildman–Crippen MR) is 87.8 cm³/mol. The summed E-state index contributed by atoms with van der Waals surface area (Å²) in [7, 11) is 0. The molecule has 0 saturated heterocycles. The van der Waals surface area contributed by atoms with Crippen LogP contribution in [0.5, 0.6) is 5.88 Å². The van der Waals surface area contributed by atoms with E-state index in [1.54, 1.807) is 18.3 Å². The summed E-state index contributed by atoms with van der Waals surface area (Å²) in [4.78, 5) is 15.0. The van der Waals surface area contributed by atoms with Gasteiger partial charge in [-0.2, -0.15) is 0 Å². The molecule has 2 aliphatic rings. The Labute approximate surface area is 144 Å². The maximum Gasteiger partial charge on any atom is 0.338 e. The third-order valence-electron chi connectivity index (χ3n) is 5.19. The van der Waals surface area contributed by atoms with Crippen molar-refractivity contribution < 1.29 is 14.6 Å². The highest BCUT2D eigenvalue weighted by Crippen LogP contribution is 2.48. The minimum atomic E-state index is -1.10. The highest BCUT2D eigenvalue weighted by atomic mass is 35.5. The van der Waals surface area contributed by atoms with Crippen LogP contribution in [-0.2, 0) is 0 Å². The lowest BCUT2D eigenvalue weighted by atomic mass is 9.90. The van der Waals surface area contributed by atoms with Crippen molar-refractivity contribution in [3.63, 3.8) is 0 Å². The van der Waals surface area contributed by atoms with E-state index >= 15 is 0 Å². The van der Waals surface area contributed by atoms with Crippen LogP contribution < -0.4 is 4.74 Å². The van der Waals surface area contributed by atoms with Crippen molar-refractivity contribution in [2.75, 3.05) is 6.61 Å². The normalized spacial score (nSPS) is 25.1. The summed E-state index contributed by atoms with van der Waals surface area (Å²) in [5, 5.41) is 13.3. The van der Waals surface area contributed by atoms with E-state index in [1.807, 2.05) is 0 Å². The van der Waals surface area contributed by atoms with E-state index in [-0.39, 0.29) is 10.7 Å². The first-order chi connectivity index (χ1) is 11.6. The summed E-state index contributed by atoms with van der Waals surface area (Å²) < 4.78 is 7.39. The molecular weight excluding hydrogens is 330 g/mol. The summed E-state index contributed by atoms with van der Waals surface area (Å²) in [6.45, 7) is 0.713. The molecule has 0 spiro atoms. The number of carboxylic acid groups (broad SMARTS) is 1. The first kappa shape index (κ1) is 15.4. The van der Waals surface area contributed by atoms with E-state index in [0.29, 0.717) is 24.2 Å². The molecule has 0 radical (unpaired) electrons.